The lowest BCUT2D eigenvalue weighted by molar-refractivity contribution is -0.117. The summed E-state index contributed by atoms with van der Waals surface area (Å²) >= 11 is 0. The molecule has 1 unspecified atom stereocenters. The summed E-state index contributed by atoms with van der Waals surface area (Å²) in [6.07, 6.45) is 5.37. The molecular weight excluding hydrogens is 178 g/mol. The summed E-state index contributed by atoms with van der Waals surface area (Å²) in [5.74, 6) is 0.598. The maximum absolute atomic E-state index is 11.5. The normalized spacial score (nSPS) is 21.0. The van der Waals surface area contributed by atoms with Crippen molar-refractivity contribution in [2.45, 2.75) is 12.8 Å². The van der Waals surface area contributed by atoms with E-state index in [1.807, 2.05) is 24.5 Å². The zero-order valence-corrected chi connectivity index (χ0v) is 8.07. The highest BCUT2D eigenvalue weighted by molar-refractivity contribution is 5.83. The first kappa shape index (κ1) is 9.27. The Hall–Kier alpha value is -1.29. The molecule has 4 heteroatoms. The molecule has 14 heavy (non-hydrogen) atoms. The minimum absolute atomic E-state index is 0.0925. The van der Waals surface area contributed by atoms with Crippen molar-refractivity contribution in [3.63, 3.8) is 0 Å². The van der Waals surface area contributed by atoms with Crippen LogP contribution >= 0.6 is 0 Å². The number of aromatic nitrogens is 1. The molecule has 1 saturated heterocycles. The van der Waals surface area contributed by atoms with Crippen LogP contribution in [0.4, 0.5) is 0 Å². The Morgan fingerprint density at radius 3 is 2.93 bits per heavy atom. The maximum Gasteiger partial charge on any atom is 0.239 e. The van der Waals surface area contributed by atoms with Gasteiger partial charge >= 0.3 is 0 Å². The van der Waals surface area contributed by atoms with Crippen LogP contribution in [0, 0.1) is 5.92 Å². The number of hydrogen-bond donors (Lipinski definition) is 2. The summed E-state index contributed by atoms with van der Waals surface area (Å²) in [6, 6.07) is 3.77. The highest BCUT2D eigenvalue weighted by Crippen LogP contribution is 2.11. The summed E-state index contributed by atoms with van der Waals surface area (Å²) in [6.45, 7) is 2.01. The summed E-state index contributed by atoms with van der Waals surface area (Å²) in [5, 5.41) is 3.25. The van der Waals surface area contributed by atoms with Crippen molar-refractivity contribution in [3.05, 3.63) is 24.5 Å². The molecule has 0 saturated carbocycles. The van der Waals surface area contributed by atoms with Crippen LogP contribution in [0.5, 0.6) is 0 Å². The fourth-order valence-corrected chi connectivity index (χ4v) is 1.75. The highest BCUT2D eigenvalue weighted by atomic mass is 16.2. The molecule has 0 radical (unpaired) electrons. The molecule has 1 aliphatic rings. The van der Waals surface area contributed by atoms with E-state index in [-0.39, 0.29) is 5.91 Å². The molecular formula is C10H15N3O. The Labute approximate surface area is 83.3 Å². The Morgan fingerprint density at radius 2 is 2.29 bits per heavy atom. The van der Waals surface area contributed by atoms with Crippen molar-refractivity contribution in [2.75, 3.05) is 18.5 Å². The van der Waals surface area contributed by atoms with E-state index in [1.165, 1.54) is 0 Å². The molecule has 0 aliphatic carbocycles. The van der Waals surface area contributed by atoms with Gasteiger partial charge in [0.1, 0.15) is 0 Å². The summed E-state index contributed by atoms with van der Waals surface area (Å²) in [4.78, 5) is 11.5. The van der Waals surface area contributed by atoms with Gasteiger partial charge in [0.15, 0.2) is 0 Å². The number of hydrogen-bond acceptors (Lipinski definition) is 2. The fourth-order valence-electron chi connectivity index (χ4n) is 1.75. The lowest BCUT2D eigenvalue weighted by Gasteiger charge is -2.09. The molecule has 1 aromatic heterocycles. The topological polar surface area (TPSA) is 46.1 Å². The molecule has 0 spiro atoms. The van der Waals surface area contributed by atoms with Crippen molar-refractivity contribution in [1.29, 1.82) is 0 Å². The van der Waals surface area contributed by atoms with Crippen LogP contribution in [-0.2, 0) is 4.79 Å². The van der Waals surface area contributed by atoms with Gasteiger partial charge < -0.3 is 5.32 Å². The van der Waals surface area contributed by atoms with E-state index < -0.39 is 0 Å². The molecule has 2 rings (SSSR count). The molecule has 4 nitrogen and oxygen atoms in total. The van der Waals surface area contributed by atoms with E-state index in [9.17, 15) is 4.79 Å². The van der Waals surface area contributed by atoms with Crippen LogP contribution in [0.25, 0.3) is 0 Å². The predicted molar refractivity (Wildman–Crippen MR) is 54.4 cm³/mol. The van der Waals surface area contributed by atoms with Crippen LogP contribution in [0.15, 0.2) is 24.5 Å². The number of nitrogens with zero attached hydrogens (tertiary/aromatic N) is 1. The van der Waals surface area contributed by atoms with Crippen LogP contribution in [-0.4, -0.2) is 23.7 Å². The number of carbonyl (C=O) groups excluding carboxylic acids is 1. The van der Waals surface area contributed by atoms with Crippen LogP contribution in [0.1, 0.15) is 12.8 Å². The predicted octanol–water partition coefficient (Wildman–Crippen LogP) is 0.558. The molecule has 1 aromatic rings. The smallest absolute Gasteiger partial charge is 0.239 e. The van der Waals surface area contributed by atoms with Gasteiger partial charge in [-0.15, -0.1) is 0 Å². The van der Waals surface area contributed by atoms with Gasteiger partial charge in [0.25, 0.3) is 0 Å². The zero-order valence-electron chi connectivity index (χ0n) is 8.07. The second-order valence-electron chi connectivity index (χ2n) is 3.69. The average Bonchev–Trinajstić information content (AvgIpc) is 2.76. The molecule has 76 valence electrons. The molecule has 2 heterocycles. The van der Waals surface area contributed by atoms with Crippen molar-refractivity contribution < 1.29 is 4.79 Å². The van der Waals surface area contributed by atoms with Crippen LogP contribution in [0.3, 0.4) is 0 Å². The van der Waals surface area contributed by atoms with Crippen molar-refractivity contribution in [2.24, 2.45) is 5.92 Å². The number of carbonyl (C=O) groups is 1. The molecule has 1 atom stereocenters. The number of amides is 1. The summed E-state index contributed by atoms with van der Waals surface area (Å²) < 4.78 is 1.69. The second-order valence-corrected chi connectivity index (χ2v) is 3.69. The van der Waals surface area contributed by atoms with Gasteiger partial charge in [0.2, 0.25) is 5.91 Å². The van der Waals surface area contributed by atoms with E-state index in [2.05, 4.69) is 10.7 Å². The molecule has 1 fully saturated rings. The molecule has 0 aromatic carbocycles. The third-order valence-electron chi connectivity index (χ3n) is 2.49. The van der Waals surface area contributed by atoms with Crippen molar-refractivity contribution >= 4 is 5.91 Å². The molecule has 1 aliphatic heterocycles. The third kappa shape index (κ3) is 2.35. The first-order valence-electron chi connectivity index (χ1n) is 4.98. The lowest BCUT2D eigenvalue weighted by Crippen LogP contribution is -2.24. The van der Waals surface area contributed by atoms with Gasteiger partial charge in [-0.3, -0.25) is 14.9 Å². The van der Waals surface area contributed by atoms with Crippen molar-refractivity contribution in [1.82, 2.24) is 9.99 Å². The Balaban J connectivity index is 1.78. The van der Waals surface area contributed by atoms with E-state index in [4.69, 9.17) is 0 Å². The number of nitrogens with one attached hydrogen (secondary N) is 2. The third-order valence-corrected chi connectivity index (χ3v) is 2.49. The van der Waals surface area contributed by atoms with Gasteiger partial charge in [0, 0.05) is 18.8 Å². The van der Waals surface area contributed by atoms with Gasteiger partial charge in [0.05, 0.1) is 0 Å². The van der Waals surface area contributed by atoms with Gasteiger partial charge in [-0.1, -0.05) is 0 Å². The lowest BCUT2D eigenvalue weighted by atomic mass is 10.1. The van der Waals surface area contributed by atoms with E-state index >= 15 is 0 Å². The van der Waals surface area contributed by atoms with Crippen LogP contribution < -0.4 is 10.7 Å². The zero-order chi connectivity index (χ0) is 9.80. The second kappa shape index (κ2) is 4.28. The Kier molecular flexibility index (Phi) is 2.84. The Bertz CT molecular complexity index is 288. The van der Waals surface area contributed by atoms with E-state index in [1.54, 1.807) is 4.68 Å². The monoisotopic (exact) mass is 193 g/mol. The molecule has 0 bridgehead atoms. The van der Waals surface area contributed by atoms with Gasteiger partial charge in [-0.25, -0.2) is 0 Å². The summed E-state index contributed by atoms with van der Waals surface area (Å²) in [5.41, 5.74) is 2.80. The summed E-state index contributed by atoms with van der Waals surface area (Å²) in [7, 11) is 0. The average molecular weight is 193 g/mol. The molecule has 2 N–H and O–H groups in total. The fraction of sp³-hybridized carbons (Fsp3) is 0.500. The maximum atomic E-state index is 11.5. The van der Waals surface area contributed by atoms with Crippen LogP contribution in [0.2, 0.25) is 0 Å². The minimum Gasteiger partial charge on any atom is -0.316 e. The first-order valence-corrected chi connectivity index (χ1v) is 4.98. The van der Waals surface area contributed by atoms with Gasteiger partial charge in [-0.05, 0) is 37.6 Å². The number of rotatable bonds is 3. The quantitative estimate of drug-likeness (QED) is 0.736. The largest absolute Gasteiger partial charge is 0.316 e. The minimum atomic E-state index is 0.0925. The van der Waals surface area contributed by atoms with Gasteiger partial charge in [-0.2, -0.15) is 0 Å². The highest BCUT2D eigenvalue weighted by Gasteiger charge is 2.17. The van der Waals surface area contributed by atoms with E-state index in [0.29, 0.717) is 12.3 Å². The van der Waals surface area contributed by atoms with E-state index in [0.717, 1.165) is 19.5 Å². The standard InChI is InChI=1S/C10H15N3O/c14-10(7-9-3-4-11-8-9)12-13-5-1-2-6-13/h1-2,5-6,9,11H,3-4,7-8H2,(H,12,14). The molecule has 1 amide bonds. The van der Waals surface area contributed by atoms with Crippen molar-refractivity contribution in [3.8, 4) is 0 Å². The Morgan fingerprint density at radius 1 is 1.50 bits per heavy atom. The SMILES string of the molecule is O=C(CC1CCNC1)Nn1cccc1. The first-order chi connectivity index (χ1) is 6.84.